The fourth-order valence-electron chi connectivity index (χ4n) is 3.00. The Morgan fingerprint density at radius 2 is 2.00 bits per heavy atom. The van der Waals surface area contributed by atoms with Crippen molar-refractivity contribution in [2.24, 2.45) is 5.92 Å². The van der Waals surface area contributed by atoms with Crippen molar-refractivity contribution in [1.29, 1.82) is 0 Å². The van der Waals surface area contributed by atoms with Crippen LogP contribution in [0.2, 0.25) is 0 Å². The van der Waals surface area contributed by atoms with Gasteiger partial charge >= 0.3 is 5.97 Å². The van der Waals surface area contributed by atoms with E-state index in [0.29, 0.717) is 30.1 Å². The zero-order chi connectivity index (χ0) is 19.2. The van der Waals surface area contributed by atoms with Crippen molar-refractivity contribution in [3.05, 3.63) is 52.2 Å². The Bertz CT molecular complexity index is 802. The first-order valence-corrected chi connectivity index (χ1v) is 9.77. The Hall–Kier alpha value is -2.67. The van der Waals surface area contributed by atoms with Crippen LogP contribution in [0.25, 0.3) is 0 Å². The number of ether oxygens (including phenoxy) is 1. The summed E-state index contributed by atoms with van der Waals surface area (Å²) >= 11 is 1.39. The minimum Gasteiger partial charge on any atom is -0.455 e. The third-order valence-corrected chi connectivity index (χ3v) is 5.31. The summed E-state index contributed by atoms with van der Waals surface area (Å²) in [4.78, 5) is 39.1. The van der Waals surface area contributed by atoms with Crippen LogP contribution >= 0.6 is 11.3 Å². The number of thiophene rings is 1. The highest BCUT2D eigenvalue weighted by molar-refractivity contribution is 7.12. The number of aryl methyl sites for hydroxylation is 1. The molecule has 142 valence electrons. The van der Waals surface area contributed by atoms with Gasteiger partial charge in [0.25, 0.3) is 11.8 Å². The Labute approximate surface area is 162 Å². The van der Waals surface area contributed by atoms with Crippen LogP contribution in [0.15, 0.2) is 41.8 Å². The molecule has 7 heteroatoms. The van der Waals surface area contributed by atoms with E-state index in [1.165, 1.54) is 11.3 Å². The van der Waals surface area contributed by atoms with E-state index in [0.717, 1.165) is 12.0 Å². The number of hydrogen-bond acceptors (Lipinski definition) is 5. The number of benzene rings is 1. The molecule has 6 nitrogen and oxygen atoms in total. The number of carbonyl (C=O) groups excluding carboxylic acids is 3. The van der Waals surface area contributed by atoms with Crippen molar-refractivity contribution in [2.45, 2.75) is 19.8 Å². The number of esters is 1. The van der Waals surface area contributed by atoms with Crippen LogP contribution in [-0.2, 0) is 14.3 Å². The van der Waals surface area contributed by atoms with Gasteiger partial charge in [0.1, 0.15) is 0 Å². The van der Waals surface area contributed by atoms with Gasteiger partial charge in [0, 0.05) is 18.8 Å². The highest BCUT2D eigenvalue weighted by atomic mass is 32.1. The molecule has 1 atom stereocenters. The lowest BCUT2D eigenvalue weighted by atomic mass is 9.98. The second-order valence-corrected chi connectivity index (χ2v) is 7.54. The van der Waals surface area contributed by atoms with Gasteiger partial charge in [-0.3, -0.25) is 14.4 Å². The van der Waals surface area contributed by atoms with Crippen LogP contribution in [0.3, 0.4) is 0 Å². The number of likely N-dealkylation sites (tertiary alicyclic amines) is 1. The molecule has 1 unspecified atom stereocenters. The molecule has 1 aromatic carbocycles. The Morgan fingerprint density at radius 3 is 2.70 bits per heavy atom. The number of amides is 2. The molecule has 1 saturated heterocycles. The minimum atomic E-state index is -0.433. The lowest BCUT2D eigenvalue weighted by molar-refractivity contribution is -0.152. The Kier molecular flexibility index (Phi) is 6.24. The van der Waals surface area contributed by atoms with Crippen molar-refractivity contribution in [3.63, 3.8) is 0 Å². The predicted molar refractivity (Wildman–Crippen MR) is 104 cm³/mol. The monoisotopic (exact) mass is 386 g/mol. The molecule has 2 aromatic rings. The van der Waals surface area contributed by atoms with Gasteiger partial charge < -0.3 is 15.0 Å². The van der Waals surface area contributed by atoms with Gasteiger partial charge in [0.05, 0.1) is 10.8 Å². The number of piperidine rings is 1. The third-order valence-electron chi connectivity index (χ3n) is 4.45. The molecule has 3 rings (SSSR count). The Morgan fingerprint density at radius 1 is 1.22 bits per heavy atom. The number of hydrogen-bond donors (Lipinski definition) is 1. The molecular formula is C20H22N2O4S. The summed E-state index contributed by atoms with van der Waals surface area (Å²) in [6, 6.07) is 11.0. The van der Waals surface area contributed by atoms with Gasteiger partial charge in [0.2, 0.25) is 0 Å². The average molecular weight is 386 g/mol. The van der Waals surface area contributed by atoms with Gasteiger partial charge in [0.15, 0.2) is 6.61 Å². The Balaban J connectivity index is 1.48. The summed E-state index contributed by atoms with van der Waals surface area (Å²) in [6.07, 6.45) is 1.40. The van der Waals surface area contributed by atoms with Crippen molar-refractivity contribution in [1.82, 2.24) is 4.90 Å². The topological polar surface area (TPSA) is 75.7 Å². The highest BCUT2D eigenvalue weighted by Gasteiger charge is 2.30. The van der Waals surface area contributed by atoms with E-state index in [1.54, 1.807) is 23.1 Å². The van der Waals surface area contributed by atoms with Gasteiger partial charge in [-0.15, -0.1) is 11.3 Å². The van der Waals surface area contributed by atoms with E-state index < -0.39 is 11.9 Å². The van der Waals surface area contributed by atoms with E-state index in [-0.39, 0.29) is 18.4 Å². The maximum absolute atomic E-state index is 12.4. The van der Waals surface area contributed by atoms with Crippen molar-refractivity contribution in [3.8, 4) is 0 Å². The maximum atomic E-state index is 12.4. The van der Waals surface area contributed by atoms with Gasteiger partial charge in [-0.1, -0.05) is 23.8 Å². The largest absolute Gasteiger partial charge is 0.455 e. The van der Waals surface area contributed by atoms with Crippen LogP contribution in [0, 0.1) is 12.8 Å². The molecule has 0 bridgehead atoms. The van der Waals surface area contributed by atoms with Gasteiger partial charge in [-0.2, -0.15) is 0 Å². The lowest BCUT2D eigenvalue weighted by Crippen LogP contribution is -2.43. The molecular weight excluding hydrogens is 364 g/mol. The van der Waals surface area contributed by atoms with Crippen molar-refractivity contribution >= 4 is 34.8 Å². The van der Waals surface area contributed by atoms with Gasteiger partial charge in [-0.25, -0.2) is 0 Å². The smallest absolute Gasteiger partial charge is 0.311 e. The third kappa shape index (κ3) is 5.17. The average Bonchev–Trinajstić information content (AvgIpc) is 3.22. The predicted octanol–water partition coefficient (Wildman–Crippen LogP) is 3.09. The maximum Gasteiger partial charge on any atom is 0.311 e. The molecule has 2 amide bonds. The lowest BCUT2D eigenvalue weighted by Gasteiger charge is -2.31. The molecule has 0 aliphatic carbocycles. The van der Waals surface area contributed by atoms with E-state index in [1.807, 2.05) is 30.5 Å². The highest BCUT2D eigenvalue weighted by Crippen LogP contribution is 2.21. The molecule has 1 aliphatic rings. The number of anilines is 1. The molecule has 1 aliphatic heterocycles. The zero-order valence-corrected chi connectivity index (χ0v) is 16.0. The van der Waals surface area contributed by atoms with Crippen molar-refractivity contribution < 1.29 is 19.1 Å². The van der Waals surface area contributed by atoms with Crippen LogP contribution in [0.1, 0.15) is 28.1 Å². The standard InChI is InChI=1S/C20H22N2O4S/c1-14-6-8-16(9-7-14)21-18(23)13-26-20(25)15-4-2-10-22(12-15)19(24)17-5-3-11-27-17/h3,5-9,11,15H,2,4,10,12-13H2,1H3,(H,21,23). The van der Waals surface area contributed by atoms with Crippen LogP contribution in [-0.4, -0.2) is 42.4 Å². The molecule has 1 N–H and O–H groups in total. The molecule has 1 aromatic heterocycles. The molecule has 2 heterocycles. The van der Waals surface area contributed by atoms with Crippen LogP contribution in [0.5, 0.6) is 0 Å². The first kappa shape index (κ1) is 19.1. The molecule has 0 radical (unpaired) electrons. The van der Waals surface area contributed by atoms with E-state index in [2.05, 4.69) is 5.32 Å². The normalized spacial score (nSPS) is 16.6. The molecule has 27 heavy (non-hydrogen) atoms. The van der Waals surface area contributed by atoms with Crippen molar-refractivity contribution in [2.75, 3.05) is 25.0 Å². The summed E-state index contributed by atoms with van der Waals surface area (Å²) in [7, 11) is 0. The van der Waals surface area contributed by atoms with E-state index >= 15 is 0 Å². The number of nitrogens with one attached hydrogen (secondary N) is 1. The molecule has 0 saturated carbocycles. The fraction of sp³-hybridized carbons (Fsp3) is 0.350. The van der Waals surface area contributed by atoms with Crippen LogP contribution < -0.4 is 5.32 Å². The van der Waals surface area contributed by atoms with Gasteiger partial charge in [-0.05, 0) is 43.3 Å². The van der Waals surface area contributed by atoms with E-state index in [9.17, 15) is 14.4 Å². The number of nitrogens with zero attached hydrogens (tertiary/aromatic N) is 1. The summed E-state index contributed by atoms with van der Waals surface area (Å²) in [5.74, 6) is -1.26. The number of carbonyl (C=O) groups is 3. The molecule has 1 fully saturated rings. The molecule has 0 spiro atoms. The summed E-state index contributed by atoms with van der Waals surface area (Å²) in [6.45, 7) is 2.59. The van der Waals surface area contributed by atoms with Crippen LogP contribution in [0.4, 0.5) is 5.69 Å². The second kappa shape index (κ2) is 8.81. The second-order valence-electron chi connectivity index (χ2n) is 6.59. The summed E-state index contributed by atoms with van der Waals surface area (Å²) < 4.78 is 5.17. The number of rotatable bonds is 5. The fourth-order valence-corrected chi connectivity index (χ4v) is 3.69. The zero-order valence-electron chi connectivity index (χ0n) is 15.1. The summed E-state index contributed by atoms with van der Waals surface area (Å²) in [5, 5.41) is 4.55. The minimum absolute atomic E-state index is 0.0559. The SMILES string of the molecule is Cc1ccc(NC(=O)COC(=O)C2CCCN(C(=O)c3cccs3)C2)cc1. The summed E-state index contributed by atoms with van der Waals surface area (Å²) in [5.41, 5.74) is 1.76. The first-order valence-electron chi connectivity index (χ1n) is 8.89. The quantitative estimate of drug-likeness (QED) is 0.801. The first-order chi connectivity index (χ1) is 13.0. The van der Waals surface area contributed by atoms with E-state index in [4.69, 9.17) is 4.74 Å².